The maximum absolute atomic E-state index is 11.8. The number of para-hydroxylation sites is 3. The van der Waals surface area contributed by atoms with Gasteiger partial charge in [0.25, 0.3) is 7.43 Å². The molecule has 4 aromatic rings. The van der Waals surface area contributed by atoms with Gasteiger partial charge in [-0.1, -0.05) is 54.6 Å². The Hall–Kier alpha value is -3.47. The summed E-state index contributed by atoms with van der Waals surface area (Å²) in [7, 11) is -9.14. The number of rotatable bonds is 9. The van der Waals surface area contributed by atoms with Crippen molar-refractivity contribution in [3.05, 3.63) is 115 Å². The quantitative estimate of drug-likeness (QED) is 0.202. The maximum Gasteiger partial charge on any atom is 0.457 e. The highest BCUT2D eigenvalue weighted by Gasteiger charge is 2.42. The fourth-order valence-corrected chi connectivity index (χ4v) is 12.4. The number of benzene rings is 4. The van der Waals surface area contributed by atoms with Crippen molar-refractivity contribution in [2.75, 3.05) is 13.8 Å². The summed E-state index contributed by atoms with van der Waals surface area (Å²) >= 11 is 0. The van der Waals surface area contributed by atoms with E-state index < -0.39 is 22.8 Å². The molecule has 5 rings (SSSR count). The van der Waals surface area contributed by atoms with Crippen LogP contribution in [0.4, 0.5) is 0 Å². The third-order valence-corrected chi connectivity index (χ3v) is 13.3. The highest BCUT2D eigenvalue weighted by Crippen LogP contribution is 2.76. The molecule has 0 radical (unpaired) electrons. The molecule has 9 nitrogen and oxygen atoms in total. The Morgan fingerprint density at radius 2 is 0.921 bits per heavy atom. The van der Waals surface area contributed by atoms with Crippen LogP contribution in [0.25, 0.3) is 0 Å². The van der Waals surface area contributed by atoms with Gasteiger partial charge in [-0.2, -0.15) is 0 Å². The van der Waals surface area contributed by atoms with Gasteiger partial charge in [0, 0.05) is 6.66 Å². The van der Waals surface area contributed by atoms with Gasteiger partial charge in [0.05, 0.1) is 7.11 Å². The second-order valence-corrected chi connectivity index (χ2v) is 14.6. The van der Waals surface area contributed by atoms with Gasteiger partial charge in [-0.3, -0.25) is 0 Å². The fraction of sp³-hybridized carbons (Fsp3) is 0.0769. The minimum absolute atomic E-state index is 0.347. The first-order valence-electron chi connectivity index (χ1n) is 11.6. The highest BCUT2D eigenvalue weighted by molar-refractivity contribution is 7.79. The van der Waals surface area contributed by atoms with Gasteiger partial charge < -0.3 is 27.7 Å². The predicted octanol–water partition coefficient (Wildman–Crippen LogP) is 8.87. The van der Waals surface area contributed by atoms with E-state index in [9.17, 15) is 4.89 Å². The Balaban J connectivity index is 1.68. The summed E-state index contributed by atoms with van der Waals surface area (Å²) in [6.45, 7) is 1.72. The Morgan fingerprint density at radius 1 is 0.500 bits per heavy atom. The number of methoxy groups -OCH3 is 1. The van der Waals surface area contributed by atoms with Crippen LogP contribution in [0.2, 0.25) is 0 Å². The molecule has 2 unspecified atom stereocenters. The van der Waals surface area contributed by atoms with E-state index in [1.54, 1.807) is 74.4 Å². The Morgan fingerprint density at radius 3 is 1.39 bits per heavy atom. The Bertz CT molecular complexity index is 1500. The molecule has 4 aromatic carbocycles. The zero-order valence-corrected chi connectivity index (χ0v) is 23.3. The van der Waals surface area contributed by atoms with E-state index >= 15 is 0 Å². The average molecular weight is 569 g/mol. The van der Waals surface area contributed by atoms with Gasteiger partial charge in [0.2, 0.25) is 0 Å². The molecular weight excluding hydrogens is 543 g/mol. The molecule has 0 spiro atoms. The predicted molar refractivity (Wildman–Crippen MR) is 151 cm³/mol. The van der Waals surface area contributed by atoms with Crippen LogP contribution in [0.1, 0.15) is 0 Å². The third-order valence-electron chi connectivity index (χ3n) is 5.03. The highest BCUT2D eigenvalue weighted by atomic mass is 31.3. The maximum atomic E-state index is 11.8. The van der Waals surface area contributed by atoms with Gasteiger partial charge in [-0.05, 0) is 60.7 Å². The zero-order chi connectivity index (χ0) is 26.5. The first kappa shape index (κ1) is 26.1. The molecule has 0 saturated carbocycles. The average Bonchev–Trinajstić information content (AvgIpc) is 2.89. The largest absolute Gasteiger partial charge is 0.497 e. The standard InChI is InChI=1S/C26H26N3O6P3/c1-31-22-18-20-26(21-19-22)33-37(30)27-36(2,32-23-12-6-3-7-13-23)28-38(29-37,34-24-14-8-4-9-15-24)35-25-16-10-5-11-17-25/h3-21,30H,1-2H3. The van der Waals surface area contributed by atoms with Crippen LogP contribution in [0.5, 0.6) is 28.7 Å². The molecule has 0 aromatic heterocycles. The van der Waals surface area contributed by atoms with Crippen LogP contribution in [-0.4, -0.2) is 18.7 Å². The van der Waals surface area contributed by atoms with Crippen LogP contribution < -0.4 is 22.8 Å². The van der Waals surface area contributed by atoms with Crippen LogP contribution in [-0.2, 0) is 0 Å². The first-order valence-corrected chi connectivity index (χ1v) is 16.7. The second kappa shape index (κ2) is 11.1. The van der Waals surface area contributed by atoms with Crippen molar-refractivity contribution in [3.8, 4) is 28.7 Å². The lowest BCUT2D eigenvalue weighted by molar-refractivity contribution is 0.413. The molecule has 1 aliphatic rings. The zero-order valence-electron chi connectivity index (χ0n) is 20.6. The van der Waals surface area contributed by atoms with Crippen LogP contribution in [0.15, 0.2) is 129 Å². The minimum Gasteiger partial charge on any atom is -0.497 e. The number of hydrogen-bond donors (Lipinski definition) is 1. The molecule has 0 bridgehead atoms. The lowest BCUT2D eigenvalue weighted by Gasteiger charge is -2.30. The van der Waals surface area contributed by atoms with Crippen molar-refractivity contribution < 1.29 is 27.7 Å². The van der Waals surface area contributed by atoms with E-state index in [0.29, 0.717) is 28.7 Å². The van der Waals surface area contributed by atoms with E-state index in [2.05, 4.69) is 9.03 Å². The van der Waals surface area contributed by atoms with Crippen molar-refractivity contribution in [2.45, 2.75) is 0 Å². The Labute approximate surface area is 221 Å². The monoisotopic (exact) mass is 569 g/mol. The molecule has 0 saturated heterocycles. The lowest BCUT2D eigenvalue weighted by Crippen LogP contribution is -2.05. The molecule has 38 heavy (non-hydrogen) atoms. The van der Waals surface area contributed by atoms with Gasteiger partial charge in [0.1, 0.15) is 28.7 Å². The molecule has 1 N–H and O–H groups in total. The molecule has 0 amide bonds. The van der Waals surface area contributed by atoms with E-state index in [1.165, 1.54) is 0 Å². The van der Waals surface area contributed by atoms with Crippen molar-refractivity contribution in [3.63, 3.8) is 0 Å². The topological polar surface area (TPSA) is 103 Å². The summed E-state index contributed by atoms with van der Waals surface area (Å²) in [5.41, 5.74) is 0. The molecular formula is C26H26N3O6P3. The van der Waals surface area contributed by atoms with Crippen LogP contribution in [0.3, 0.4) is 0 Å². The smallest absolute Gasteiger partial charge is 0.457 e. The SMILES string of the molecule is COc1ccc(OP2(O)=NP(C)(Oc3ccccc3)=NP(Oc3ccccc3)(Oc3ccccc3)=N2)cc1. The van der Waals surface area contributed by atoms with Gasteiger partial charge in [-0.25, -0.2) is 0 Å². The van der Waals surface area contributed by atoms with Crippen LogP contribution >= 0.6 is 22.8 Å². The summed E-state index contributed by atoms with van der Waals surface area (Å²) in [5.74, 6) is 2.45. The summed E-state index contributed by atoms with van der Waals surface area (Å²) in [6, 6.07) is 34.0. The van der Waals surface area contributed by atoms with E-state index in [1.807, 2.05) is 54.6 Å². The third kappa shape index (κ3) is 6.50. The molecule has 1 heterocycles. The van der Waals surface area contributed by atoms with Crippen molar-refractivity contribution in [1.29, 1.82) is 0 Å². The molecule has 0 fully saturated rings. The first-order chi connectivity index (χ1) is 18.4. The lowest BCUT2D eigenvalue weighted by atomic mass is 10.3. The van der Waals surface area contributed by atoms with E-state index in [4.69, 9.17) is 27.3 Å². The number of ether oxygens (including phenoxy) is 1. The van der Waals surface area contributed by atoms with Crippen molar-refractivity contribution in [2.24, 2.45) is 13.5 Å². The normalized spacial score (nSPS) is 21.6. The van der Waals surface area contributed by atoms with Crippen molar-refractivity contribution >= 4 is 22.8 Å². The molecule has 1 aliphatic heterocycles. The van der Waals surface area contributed by atoms with Gasteiger partial charge in [0.15, 0.2) is 0 Å². The molecule has 196 valence electrons. The summed E-state index contributed by atoms with van der Waals surface area (Å²) in [4.78, 5) is 11.8. The Kier molecular flexibility index (Phi) is 7.64. The fourth-order valence-electron chi connectivity index (χ4n) is 3.49. The van der Waals surface area contributed by atoms with Gasteiger partial charge >= 0.3 is 15.3 Å². The van der Waals surface area contributed by atoms with Crippen molar-refractivity contribution in [1.82, 2.24) is 0 Å². The summed E-state index contributed by atoms with van der Waals surface area (Å²) < 4.78 is 44.4. The van der Waals surface area contributed by atoms with Gasteiger partial charge in [-0.15, -0.1) is 13.5 Å². The molecule has 12 heteroatoms. The number of nitrogens with zero attached hydrogens (tertiary/aromatic N) is 3. The number of hydrogen-bond acceptors (Lipinski definition) is 8. The van der Waals surface area contributed by atoms with Crippen LogP contribution in [0, 0.1) is 0 Å². The molecule has 0 aliphatic carbocycles. The summed E-state index contributed by atoms with van der Waals surface area (Å²) in [5, 5.41) is 0. The second-order valence-electron chi connectivity index (χ2n) is 8.09. The summed E-state index contributed by atoms with van der Waals surface area (Å²) in [6.07, 6.45) is 0. The van der Waals surface area contributed by atoms with E-state index in [0.717, 1.165) is 0 Å². The minimum atomic E-state index is -3.92. The van der Waals surface area contributed by atoms with E-state index in [-0.39, 0.29) is 0 Å². The molecule has 2 atom stereocenters.